The fraction of sp³-hybridized carbons (Fsp3) is 0.500. The van der Waals surface area contributed by atoms with Crippen LogP contribution in [0.25, 0.3) is 0 Å². The van der Waals surface area contributed by atoms with Gasteiger partial charge in [0.2, 0.25) is 0 Å². The summed E-state index contributed by atoms with van der Waals surface area (Å²) in [5, 5.41) is 10.9. The van der Waals surface area contributed by atoms with E-state index in [9.17, 15) is 10.1 Å². The number of hydrogen-bond donors (Lipinski definition) is 1. The molecule has 0 aromatic heterocycles. The summed E-state index contributed by atoms with van der Waals surface area (Å²) in [5.41, 5.74) is 7.47. The van der Waals surface area contributed by atoms with Crippen LogP contribution >= 0.6 is 0 Å². The fourth-order valence-corrected chi connectivity index (χ4v) is 1.67. The lowest BCUT2D eigenvalue weighted by atomic mass is 10.0. The van der Waals surface area contributed by atoms with Gasteiger partial charge in [-0.15, -0.1) is 0 Å². The average molecular weight is 222 g/mol. The highest BCUT2D eigenvalue weighted by molar-refractivity contribution is 5.43. The lowest BCUT2D eigenvalue weighted by molar-refractivity contribution is -0.385. The first-order valence-electron chi connectivity index (χ1n) is 5.65. The van der Waals surface area contributed by atoms with Crippen LogP contribution in [0, 0.1) is 10.1 Å². The van der Waals surface area contributed by atoms with Gasteiger partial charge in [0.25, 0.3) is 5.69 Å². The third kappa shape index (κ3) is 3.31. The lowest BCUT2D eigenvalue weighted by Gasteiger charge is -2.04. The lowest BCUT2D eigenvalue weighted by Crippen LogP contribution is -2.01. The highest BCUT2D eigenvalue weighted by Gasteiger charge is 2.13. The van der Waals surface area contributed by atoms with Crippen molar-refractivity contribution in [1.82, 2.24) is 0 Å². The Morgan fingerprint density at radius 2 is 2.12 bits per heavy atom. The summed E-state index contributed by atoms with van der Waals surface area (Å²) in [7, 11) is 0. The molecule has 0 unspecified atom stereocenters. The number of aryl methyl sites for hydroxylation is 2. The van der Waals surface area contributed by atoms with Gasteiger partial charge >= 0.3 is 0 Å². The molecular formula is C12H18N2O2. The Hall–Kier alpha value is -1.42. The van der Waals surface area contributed by atoms with Gasteiger partial charge in [-0.3, -0.25) is 10.1 Å². The van der Waals surface area contributed by atoms with E-state index in [4.69, 9.17) is 5.73 Å². The quantitative estimate of drug-likeness (QED) is 0.456. The van der Waals surface area contributed by atoms with E-state index in [2.05, 4.69) is 0 Å². The van der Waals surface area contributed by atoms with Crippen molar-refractivity contribution in [2.75, 3.05) is 6.54 Å². The van der Waals surface area contributed by atoms with E-state index in [-0.39, 0.29) is 10.6 Å². The maximum atomic E-state index is 10.9. The summed E-state index contributed by atoms with van der Waals surface area (Å²) in [5.74, 6) is 0. The van der Waals surface area contributed by atoms with Crippen LogP contribution in [-0.4, -0.2) is 11.5 Å². The van der Waals surface area contributed by atoms with Crippen LogP contribution in [0.15, 0.2) is 18.2 Å². The molecule has 0 spiro atoms. The maximum Gasteiger partial charge on any atom is 0.272 e. The summed E-state index contributed by atoms with van der Waals surface area (Å²) < 4.78 is 0. The van der Waals surface area contributed by atoms with Crippen molar-refractivity contribution in [2.24, 2.45) is 5.73 Å². The van der Waals surface area contributed by atoms with E-state index >= 15 is 0 Å². The minimum Gasteiger partial charge on any atom is -0.330 e. The largest absolute Gasteiger partial charge is 0.330 e. The molecule has 1 rings (SSSR count). The Labute approximate surface area is 95.6 Å². The topological polar surface area (TPSA) is 69.2 Å². The molecule has 0 bridgehead atoms. The van der Waals surface area contributed by atoms with Crippen LogP contribution in [0.4, 0.5) is 5.69 Å². The van der Waals surface area contributed by atoms with Crippen molar-refractivity contribution in [3.8, 4) is 0 Å². The van der Waals surface area contributed by atoms with Crippen molar-refractivity contribution in [3.05, 3.63) is 39.4 Å². The first-order valence-corrected chi connectivity index (χ1v) is 5.65. The van der Waals surface area contributed by atoms with Gasteiger partial charge in [-0.1, -0.05) is 19.1 Å². The van der Waals surface area contributed by atoms with E-state index in [0.717, 1.165) is 36.8 Å². The number of nitro groups is 1. The normalized spacial score (nSPS) is 10.4. The molecule has 0 saturated heterocycles. The van der Waals surface area contributed by atoms with Crippen LogP contribution in [0.2, 0.25) is 0 Å². The molecule has 1 aromatic carbocycles. The molecule has 0 amide bonds. The maximum absolute atomic E-state index is 10.9. The minimum atomic E-state index is -0.295. The van der Waals surface area contributed by atoms with Crippen molar-refractivity contribution in [3.63, 3.8) is 0 Å². The molecule has 16 heavy (non-hydrogen) atoms. The Bertz CT molecular complexity index is 364. The summed E-state index contributed by atoms with van der Waals surface area (Å²) in [6, 6.07) is 5.51. The second-order valence-electron chi connectivity index (χ2n) is 3.82. The van der Waals surface area contributed by atoms with E-state index in [1.165, 1.54) is 0 Å². The van der Waals surface area contributed by atoms with E-state index < -0.39 is 0 Å². The monoisotopic (exact) mass is 222 g/mol. The average Bonchev–Trinajstić information content (AvgIpc) is 2.29. The zero-order valence-corrected chi connectivity index (χ0v) is 9.61. The smallest absolute Gasteiger partial charge is 0.272 e. The van der Waals surface area contributed by atoms with Gasteiger partial charge in [0.1, 0.15) is 0 Å². The number of nitrogens with zero attached hydrogens (tertiary/aromatic N) is 1. The molecule has 0 heterocycles. The number of hydrogen-bond acceptors (Lipinski definition) is 3. The molecule has 4 heteroatoms. The Balaban J connectivity index is 2.85. The van der Waals surface area contributed by atoms with Gasteiger partial charge in [0, 0.05) is 11.6 Å². The Kier molecular flexibility index (Phi) is 4.92. The summed E-state index contributed by atoms with van der Waals surface area (Å²) in [6.07, 6.45) is 3.37. The number of rotatable bonds is 6. The van der Waals surface area contributed by atoms with Crippen molar-refractivity contribution in [2.45, 2.75) is 32.6 Å². The van der Waals surface area contributed by atoms with Gasteiger partial charge in [-0.2, -0.15) is 0 Å². The highest BCUT2D eigenvalue weighted by Crippen LogP contribution is 2.22. The molecule has 0 atom stereocenters. The van der Waals surface area contributed by atoms with Crippen molar-refractivity contribution in [1.29, 1.82) is 0 Å². The van der Waals surface area contributed by atoms with Crippen molar-refractivity contribution >= 4 is 5.69 Å². The summed E-state index contributed by atoms with van der Waals surface area (Å²) in [6.45, 7) is 2.63. The van der Waals surface area contributed by atoms with Crippen LogP contribution in [-0.2, 0) is 12.8 Å². The molecule has 4 nitrogen and oxygen atoms in total. The van der Waals surface area contributed by atoms with Crippen LogP contribution in [0.3, 0.4) is 0 Å². The zero-order valence-electron chi connectivity index (χ0n) is 9.61. The molecule has 0 aliphatic rings. The zero-order chi connectivity index (χ0) is 12.0. The molecule has 0 fully saturated rings. The molecule has 88 valence electrons. The number of nitro benzene ring substituents is 1. The third-order valence-corrected chi connectivity index (χ3v) is 2.65. The molecule has 0 aliphatic heterocycles. The van der Waals surface area contributed by atoms with E-state index in [1.54, 1.807) is 6.07 Å². The molecule has 1 aromatic rings. The summed E-state index contributed by atoms with van der Waals surface area (Å²) in [4.78, 5) is 10.6. The van der Waals surface area contributed by atoms with E-state index in [0.29, 0.717) is 6.54 Å². The van der Waals surface area contributed by atoms with Gasteiger partial charge in [0.15, 0.2) is 0 Å². The molecular weight excluding hydrogens is 204 g/mol. The van der Waals surface area contributed by atoms with Gasteiger partial charge in [0.05, 0.1) is 4.92 Å². The van der Waals surface area contributed by atoms with Gasteiger partial charge < -0.3 is 5.73 Å². The van der Waals surface area contributed by atoms with E-state index in [1.807, 2.05) is 19.1 Å². The van der Waals surface area contributed by atoms with Crippen LogP contribution < -0.4 is 5.73 Å². The number of unbranched alkanes of at least 4 members (excludes halogenated alkanes) is 1. The summed E-state index contributed by atoms with van der Waals surface area (Å²) >= 11 is 0. The number of nitrogens with two attached hydrogens (primary N) is 1. The molecule has 0 radical (unpaired) electrons. The standard InChI is InChI=1S/C12H18N2O2/c1-2-10-6-7-11(5-3-4-8-13)12(9-10)14(15)16/h6-7,9H,2-5,8,13H2,1H3. The third-order valence-electron chi connectivity index (χ3n) is 2.65. The molecule has 0 saturated carbocycles. The van der Waals surface area contributed by atoms with Crippen LogP contribution in [0.1, 0.15) is 30.9 Å². The highest BCUT2D eigenvalue weighted by atomic mass is 16.6. The Morgan fingerprint density at radius 3 is 2.69 bits per heavy atom. The SMILES string of the molecule is CCc1ccc(CCCCN)c([N+](=O)[O-])c1. The second-order valence-corrected chi connectivity index (χ2v) is 3.82. The second kappa shape index (κ2) is 6.23. The van der Waals surface area contributed by atoms with Crippen molar-refractivity contribution < 1.29 is 4.92 Å². The number of benzene rings is 1. The first-order chi connectivity index (χ1) is 7.69. The molecule has 2 N–H and O–H groups in total. The molecule has 0 aliphatic carbocycles. The predicted octanol–water partition coefficient (Wildman–Crippen LogP) is 2.44. The predicted molar refractivity (Wildman–Crippen MR) is 64.5 cm³/mol. The fourth-order valence-electron chi connectivity index (χ4n) is 1.67. The van der Waals surface area contributed by atoms with Gasteiger partial charge in [-0.25, -0.2) is 0 Å². The van der Waals surface area contributed by atoms with Gasteiger partial charge in [-0.05, 0) is 37.8 Å². The minimum absolute atomic E-state index is 0.247. The Morgan fingerprint density at radius 1 is 1.38 bits per heavy atom. The first kappa shape index (κ1) is 12.6. The van der Waals surface area contributed by atoms with Crippen LogP contribution in [0.5, 0.6) is 0 Å².